The molecule has 156 valence electrons. The first-order chi connectivity index (χ1) is 14.3. The lowest BCUT2D eigenvalue weighted by atomic mass is 10.1. The fourth-order valence-corrected chi connectivity index (χ4v) is 3.37. The van der Waals surface area contributed by atoms with Gasteiger partial charge in [-0.05, 0) is 47.1 Å². The van der Waals surface area contributed by atoms with Crippen LogP contribution >= 0.6 is 15.9 Å². The second-order valence-corrected chi connectivity index (χ2v) is 7.38. The molecule has 2 N–H and O–H groups in total. The van der Waals surface area contributed by atoms with E-state index in [1.807, 2.05) is 19.1 Å². The third-order valence-corrected chi connectivity index (χ3v) is 5.02. The molecule has 8 nitrogen and oxygen atoms in total. The number of halogens is 1. The van der Waals surface area contributed by atoms with Crippen LogP contribution in [0.4, 0.5) is 10.5 Å². The van der Waals surface area contributed by atoms with Gasteiger partial charge >= 0.3 is 6.03 Å². The molecule has 1 saturated heterocycles. The van der Waals surface area contributed by atoms with E-state index >= 15 is 0 Å². The summed E-state index contributed by atoms with van der Waals surface area (Å²) in [6.07, 6.45) is 1.49. The summed E-state index contributed by atoms with van der Waals surface area (Å²) in [6, 6.07) is 9.89. The van der Waals surface area contributed by atoms with Gasteiger partial charge in [0.05, 0.1) is 18.7 Å². The molecule has 30 heavy (non-hydrogen) atoms. The zero-order valence-electron chi connectivity index (χ0n) is 16.6. The number of methoxy groups -OCH3 is 2. The highest BCUT2D eigenvalue weighted by Crippen LogP contribution is 2.34. The number of hydrogen-bond donors (Lipinski definition) is 2. The maximum Gasteiger partial charge on any atom is 0.329 e. The van der Waals surface area contributed by atoms with Crippen LogP contribution in [-0.4, -0.2) is 43.5 Å². The summed E-state index contributed by atoms with van der Waals surface area (Å²) in [6.45, 7) is 1.53. The maximum absolute atomic E-state index is 12.7. The van der Waals surface area contributed by atoms with E-state index in [1.165, 1.54) is 20.3 Å². The predicted octanol–water partition coefficient (Wildman–Crippen LogP) is 3.31. The smallest absolute Gasteiger partial charge is 0.329 e. The van der Waals surface area contributed by atoms with Crippen LogP contribution in [-0.2, 0) is 9.59 Å². The van der Waals surface area contributed by atoms with Gasteiger partial charge < -0.3 is 20.1 Å². The summed E-state index contributed by atoms with van der Waals surface area (Å²) in [5.41, 5.74) is 2.23. The highest BCUT2D eigenvalue weighted by molar-refractivity contribution is 9.10. The maximum atomic E-state index is 12.7. The van der Waals surface area contributed by atoms with Gasteiger partial charge in [0.2, 0.25) is 5.91 Å². The number of hydrogen-bond acceptors (Lipinski definition) is 5. The molecule has 2 aromatic carbocycles. The van der Waals surface area contributed by atoms with Crippen molar-refractivity contribution in [2.24, 2.45) is 0 Å². The number of amides is 4. The Kier molecular flexibility index (Phi) is 6.41. The van der Waals surface area contributed by atoms with E-state index in [-0.39, 0.29) is 5.70 Å². The van der Waals surface area contributed by atoms with E-state index in [0.717, 1.165) is 10.5 Å². The first-order valence-corrected chi connectivity index (χ1v) is 9.74. The Bertz CT molecular complexity index is 1030. The summed E-state index contributed by atoms with van der Waals surface area (Å²) in [7, 11) is 3.01. The molecule has 1 aliphatic heterocycles. The molecule has 1 heterocycles. The molecular weight excluding hydrogens is 454 g/mol. The van der Waals surface area contributed by atoms with Gasteiger partial charge in [0, 0.05) is 17.3 Å². The molecule has 0 saturated carbocycles. The van der Waals surface area contributed by atoms with E-state index in [1.54, 1.807) is 24.3 Å². The Morgan fingerprint density at radius 3 is 2.43 bits per heavy atom. The lowest BCUT2D eigenvalue weighted by molar-refractivity contribution is -0.127. The van der Waals surface area contributed by atoms with Crippen LogP contribution in [0.3, 0.4) is 0 Å². The van der Waals surface area contributed by atoms with E-state index < -0.39 is 24.4 Å². The number of ether oxygens (including phenoxy) is 2. The van der Waals surface area contributed by atoms with Crippen LogP contribution in [0.1, 0.15) is 11.1 Å². The van der Waals surface area contributed by atoms with E-state index in [4.69, 9.17) is 9.47 Å². The molecule has 0 unspecified atom stereocenters. The molecule has 9 heteroatoms. The summed E-state index contributed by atoms with van der Waals surface area (Å²) < 4.78 is 11.2. The van der Waals surface area contributed by atoms with E-state index in [2.05, 4.69) is 26.6 Å². The second-order valence-electron chi connectivity index (χ2n) is 6.52. The first-order valence-electron chi connectivity index (χ1n) is 8.95. The minimum absolute atomic E-state index is 0.0403. The Morgan fingerprint density at radius 2 is 1.80 bits per heavy atom. The number of benzene rings is 2. The predicted molar refractivity (Wildman–Crippen MR) is 115 cm³/mol. The molecule has 1 aliphatic rings. The molecule has 2 aromatic rings. The van der Waals surface area contributed by atoms with Crippen LogP contribution in [0.15, 0.2) is 46.6 Å². The average molecular weight is 474 g/mol. The molecule has 1 fully saturated rings. The molecule has 3 rings (SSSR count). The lowest BCUT2D eigenvalue weighted by Gasteiger charge is -2.12. The largest absolute Gasteiger partial charge is 0.496 e. The zero-order chi connectivity index (χ0) is 21.8. The molecule has 0 radical (unpaired) electrons. The van der Waals surface area contributed by atoms with Crippen molar-refractivity contribution in [3.8, 4) is 11.5 Å². The van der Waals surface area contributed by atoms with Gasteiger partial charge in [-0.15, -0.1) is 0 Å². The third kappa shape index (κ3) is 4.62. The van der Waals surface area contributed by atoms with Crippen molar-refractivity contribution < 1.29 is 23.9 Å². The standard InChI is InChI=1S/C21H20BrN3O5/c1-12-4-6-14(7-5-12)23-19(26)11-25-20(27)16(24-21(25)28)9-13-8-15(22)18(30-3)10-17(13)29-2/h4-10H,11H2,1-3H3,(H,23,26)(H,24,28)/b16-9+. The van der Waals surface area contributed by atoms with E-state index in [9.17, 15) is 14.4 Å². The SMILES string of the molecule is COc1cc(OC)c(/C=C2/NC(=O)N(CC(=O)Nc3ccc(C)cc3)C2=O)cc1Br. The van der Waals surface area contributed by atoms with Crippen LogP contribution < -0.4 is 20.1 Å². The fourth-order valence-electron chi connectivity index (χ4n) is 2.85. The number of urea groups is 1. The summed E-state index contributed by atoms with van der Waals surface area (Å²) in [5.74, 6) is -0.0632. The summed E-state index contributed by atoms with van der Waals surface area (Å²) in [4.78, 5) is 38.1. The number of carbonyl (C=O) groups excluding carboxylic acids is 3. The third-order valence-electron chi connectivity index (χ3n) is 4.40. The number of nitrogens with zero attached hydrogens (tertiary/aromatic N) is 1. The highest BCUT2D eigenvalue weighted by atomic mass is 79.9. The summed E-state index contributed by atoms with van der Waals surface area (Å²) >= 11 is 3.38. The number of imide groups is 1. The van der Waals surface area contributed by atoms with Gasteiger partial charge in [0.1, 0.15) is 23.7 Å². The van der Waals surface area contributed by atoms with Crippen molar-refractivity contribution in [2.45, 2.75) is 6.92 Å². The fraction of sp³-hybridized carbons (Fsp3) is 0.190. The van der Waals surface area contributed by atoms with Crippen molar-refractivity contribution >= 4 is 45.5 Å². The summed E-state index contributed by atoms with van der Waals surface area (Å²) in [5, 5.41) is 5.16. The van der Waals surface area contributed by atoms with Crippen molar-refractivity contribution in [3.63, 3.8) is 0 Å². The molecule has 4 amide bonds. The van der Waals surface area contributed by atoms with Gasteiger partial charge in [-0.1, -0.05) is 17.7 Å². The number of anilines is 1. The average Bonchev–Trinajstić information content (AvgIpc) is 2.97. The van der Waals surface area contributed by atoms with Crippen molar-refractivity contribution in [2.75, 3.05) is 26.1 Å². The molecule has 0 atom stereocenters. The van der Waals surface area contributed by atoms with Crippen molar-refractivity contribution in [1.29, 1.82) is 0 Å². The van der Waals surface area contributed by atoms with Crippen molar-refractivity contribution in [3.05, 3.63) is 57.7 Å². The molecule has 0 aromatic heterocycles. The number of rotatable bonds is 6. The Hall–Kier alpha value is -3.33. The zero-order valence-corrected chi connectivity index (χ0v) is 18.2. The van der Waals surface area contributed by atoms with Gasteiger partial charge in [0.15, 0.2) is 0 Å². The Balaban J connectivity index is 1.76. The number of carbonyl (C=O) groups is 3. The minimum atomic E-state index is -0.670. The normalized spacial score (nSPS) is 14.7. The van der Waals surface area contributed by atoms with E-state index in [0.29, 0.717) is 27.2 Å². The number of nitrogens with one attached hydrogen (secondary N) is 2. The molecule has 0 spiro atoms. The topological polar surface area (TPSA) is 97.0 Å². The van der Waals surface area contributed by atoms with Gasteiger partial charge in [0.25, 0.3) is 5.91 Å². The number of aryl methyl sites for hydroxylation is 1. The van der Waals surface area contributed by atoms with Crippen LogP contribution in [0.25, 0.3) is 6.08 Å². The second kappa shape index (κ2) is 9.00. The van der Waals surface area contributed by atoms with Crippen LogP contribution in [0, 0.1) is 6.92 Å². The monoisotopic (exact) mass is 473 g/mol. The Labute approximate surface area is 182 Å². The lowest BCUT2D eigenvalue weighted by Crippen LogP contribution is -2.38. The van der Waals surface area contributed by atoms with Crippen molar-refractivity contribution in [1.82, 2.24) is 10.2 Å². The van der Waals surface area contributed by atoms with Gasteiger partial charge in [-0.3, -0.25) is 9.59 Å². The van der Waals surface area contributed by atoms with Gasteiger partial charge in [-0.2, -0.15) is 0 Å². The van der Waals surface area contributed by atoms with Crippen LogP contribution in [0.5, 0.6) is 11.5 Å². The molecular formula is C21H20BrN3O5. The van der Waals surface area contributed by atoms with Crippen LogP contribution in [0.2, 0.25) is 0 Å². The minimum Gasteiger partial charge on any atom is -0.496 e. The quantitative estimate of drug-likeness (QED) is 0.495. The highest BCUT2D eigenvalue weighted by Gasteiger charge is 2.35. The first kappa shape index (κ1) is 21.4. The van der Waals surface area contributed by atoms with Gasteiger partial charge in [-0.25, -0.2) is 9.69 Å². The Morgan fingerprint density at radius 1 is 1.13 bits per heavy atom. The molecule has 0 bridgehead atoms. The molecule has 0 aliphatic carbocycles.